The molecule has 8 heteroatoms. The maximum absolute atomic E-state index is 12.1. The highest BCUT2D eigenvalue weighted by molar-refractivity contribution is 7.98. The highest BCUT2D eigenvalue weighted by Crippen LogP contribution is 2.27. The molecule has 0 bridgehead atoms. The Morgan fingerprint density at radius 3 is 2.73 bits per heavy atom. The van der Waals surface area contributed by atoms with Crippen LogP contribution in [0.25, 0.3) is 17.5 Å². The number of benzene rings is 1. The fourth-order valence-electron chi connectivity index (χ4n) is 3.18. The number of aromatic nitrogens is 2. The van der Waals surface area contributed by atoms with Crippen LogP contribution in [0.4, 0.5) is 4.79 Å². The first-order valence-corrected chi connectivity index (χ1v) is 11.2. The summed E-state index contributed by atoms with van der Waals surface area (Å²) in [5.41, 5.74) is 1.44. The molecule has 1 aliphatic heterocycles. The molecule has 1 aliphatic rings. The molecule has 7 nitrogen and oxygen atoms in total. The third kappa shape index (κ3) is 5.86. The summed E-state index contributed by atoms with van der Waals surface area (Å²) < 4.78 is 16.7. The minimum atomic E-state index is -0.484. The van der Waals surface area contributed by atoms with E-state index >= 15 is 0 Å². The van der Waals surface area contributed by atoms with Crippen LogP contribution in [-0.4, -0.2) is 52.2 Å². The van der Waals surface area contributed by atoms with Crippen LogP contribution < -0.4 is 0 Å². The van der Waals surface area contributed by atoms with Gasteiger partial charge in [0.2, 0.25) is 5.82 Å². The Balaban J connectivity index is 1.51. The lowest BCUT2D eigenvalue weighted by Gasteiger charge is -2.33. The van der Waals surface area contributed by atoms with Crippen molar-refractivity contribution in [1.82, 2.24) is 15.0 Å². The molecule has 0 saturated carbocycles. The van der Waals surface area contributed by atoms with E-state index in [1.807, 2.05) is 51.3 Å². The predicted molar refractivity (Wildman–Crippen MR) is 117 cm³/mol. The minimum Gasteiger partial charge on any atom is -0.444 e. The van der Waals surface area contributed by atoms with Gasteiger partial charge in [0.1, 0.15) is 12.2 Å². The van der Waals surface area contributed by atoms with Gasteiger partial charge in [0.15, 0.2) is 0 Å². The molecule has 162 valence electrons. The average molecular weight is 432 g/mol. The average Bonchev–Trinajstić information content (AvgIpc) is 3.20. The summed E-state index contributed by atoms with van der Waals surface area (Å²) in [4.78, 5) is 19.5. The van der Waals surface area contributed by atoms with Gasteiger partial charge in [0, 0.05) is 23.5 Å². The summed E-state index contributed by atoms with van der Waals surface area (Å²) in [6, 6.07) is 6.00. The first kappa shape index (κ1) is 22.4. The van der Waals surface area contributed by atoms with Crippen molar-refractivity contribution in [2.24, 2.45) is 0 Å². The van der Waals surface area contributed by atoms with Gasteiger partial charge in [-0.05, 0) is 63.6 Å². The van der Waals surface area contributed by atoms with Crippen molar-refractivity contribution in [3.8, 4) is 11.4 Å². The molecule has 1 aromatic heterocycles. The van der Waals surface area contributed by atoms with Crippen LogP contribution in [-0.2, 0) is 16.1 Å². The zero-order valence-electron chi connectivity index (χ0n) is 18.0. The lowest BCUT2D eigenvalue weighted by molar-refractivity contribution is -0.0231. The molecule has 1 saturated heterocycles. The topological polar surface area (TPSA) is 77.7 Å². The number of thioether (sulfide) groups is 1. The highest BCUT2D eigenvalue weighted by Gasteiger charge is 2.27. The predicted octanol–water partition coefficient (Wildman–Crippen LogP) is 5.02. The van der Waals surface area contributed by atoms with Crippen molar-refractivity contribution in [2.75, 3.05) is 19.3 Å². The lowest BCUT2D eigenvalue weighted by Crippen LogP contribution is -2.43. The molecule has 1 aromatic carbocycles. The van der Waals surface area contributed by atoms with Gasteiger partial charge in [-0.15, -0.1) is 11.8 Å². The number of carbonyl (C=O) groups excluding carboxylic acids is 1. The maximum Gasteiger partial charge on any atom is 0.410 e. The number of hydrogen-bond donors (Lipinski definition) is 0. The van der Waals surface area contributed by atoms with Crippen molar-refractivity contribution >= 4 is 23.9 Å². The van der Waals surface area contributed by atoms with Crippen LogP contribution in [0.5, 0.6) is 0 Å². The molecule has 30 heavy (non-hydrogen) atoms. The zero-order valence-corrected chi connectivity index (χ0v) is 18.8. The summed E-state index contributed by atoms with van der Waals surface area (Å²) in [7, 11) is 0. The van der Waals surface area contributed by atoms with Crippen molar-refractivity contribution in [3.63, 3.8) is 0 Å². The Morgan fingerprint density at radius 2 is 2.10 bits per heavy atom. The van der Waals surface area contributed by atoms with E-state index in [0.29, 0.717) is 24.8 Å². The smallest absolute Gasteiger partial charge is 0.410 e. The van der Waals surface area contributed by atoms with Gasteiger partial charge < -0.3 is 18.9 Å². The maximum atomic E-state index is 12.1. The number of rotatable bonds is 6. The standard InChI is InChI=1S/C22H29N3O4S/c1-6-15-13-16(7-8-18(15)30-5)20-23-19(29-24-20)14-27-17-9-11-25(12-10-17)21(26)28-22(2,3)4/h6-8,13,17H,1,9-12,14H2,2-5H3. The molecule has 2 heterocycles. The second-order valence-electron chi connectivity index (χ2n) is 8.15. The largest absolute Gasteiger partial charge is 0.444 e. The molecule has 1 fully saturated rings. The summed E-state index contributed by atoms with van der Waals surface area (Å²) in [6.45, 7) is 10.9. The monoisotopic (exact) mass is 431 g/mol. The SMILES string of the molecule is C=Cc1cc(-c2noc(COC3CCN(C(=O)OC(C)(C)C)CC3)n2)ccc1SC. The van der Waals surface area contributed by atoms with E-state index in [1.54, 1.807) is 16.7 Å². The molecule has 3 rings (SSSR count). The van der Waals surface area contributed by atoms with Crippen LogP contribution in [0, 0.1) is 0 Å². The van der Waals surface area contributed by atoms with Crippen molar-refractivity contribution in [1.29, 1.82) is 0 Å². The van der Waals surface area contributed by atoms with Crippen LogP contribution in [0.3, 0.4) is 0 Å². The Hall–Kier alpha value is -2.32. The van der Waals surface area contributed by atoms with Crippen LogP contribution in [0.15, 0.2) is 34.2 Å². The zero-order chi connectivity index (χ0) is 21.7. The normalized spacial score (nSPS) is 15.3. The first-order chi connectivity index (χ1) is 14.3. The number of likely N-dealkylation sites (tertiary alicyclic amines) is 1. The molecule has 0 radical (unpaired) electrons. The molecule has 0 atom stereocenters. The number of hydrogen-bond acceptors (Lipinski definition) is 7. The minimum absolute atomic E-state index is 0.0484. The van der Waals surface area contributed by atoms with E-state index < -0.39 is 5.60 Å². The van der Waals surface area contributed by atoms with E-state index in [2.05, 4.69) is 16.7 Å². The molecule has 0 spiro atoms. The second-order valence-corrected chi connectivity index (χ2v) is 9.00. The lowest BCUT2D eigenvalue weighted by atomic mass is 10.1. The third-order valence-electron chi connectivity index (χ3n) is 4.71. The van der Waals surface area contributed by atoms with E-state index in [0.717, 1.165) is 28.9 Å². The Kier molecular flexibility index (Phi) is 7.20. The molecule has 0 N–H and O–H groups in total. The van der Waals surface area contributed by atoms with E-state index in [9.17, 15) is 4.79 Å². The highest BCUT2D eigenvalue weighted by atomic mass is 32.2. The third-order valence-corrected chi connectivity index (χ3v) is 5.52. The van der Waals surface area contributed by atoms with Gasteiger partial charge >= 0.3 is 6.09 Å². The number of amides is 1. The molecule has 0 aliphatic carbocycles. The van der Waals surface area contributed by atoms with Crippen LogP contribution in [0.1, 0.15) is 45.1 Å². The van der Waals surface area contributed by atoms with Gasteiger partial charge in [0.25, 0.3) is 5.89 Å². The van der Waals surface area contributed by atoms with Gasteiger partial charge in [-0.2, -0.15) is 4.98 Å². The van der Waals surface area contributed by atoms with Crippen molar-refractivity contribution < 1.29 is 18.8 Å². The Morgan fingerprint density at radius 1 is 1.37 bits per heavy atom. The second kappa shape index (κ2) is 9.66. The Bertz CT molecular complexity index is 883. The van der Waals surface area contributed by atoms with Crippen LogP contribution >= 0.6 is 11.8 Å². The van der Waals surface area contributed by atoms with Gasteiger partial charge in [0.05, 0.1) is 6.10 Å². The van der Waals surface area contributed by atoms with Gasteiger partial charge in [-0.3, -0.25) is 0 Å². The Labute approximate surface area is 181 Å². The van der Waals surface area contributed by atoms with Crippen molar-refractivity contribution in [3.05, 3.63) is 36.2 Å². The number of piperidine rings is 1. The molecular formula is C22H29N3O4S. The molecule has 2 aromatic rings. The fraction of sp³-hybridized carbons (Fsp3) is 0.500. The number of ether oxygens (including phenoxy) is 2. The number of nitrogens with zero attached hydrogens (tertiary/aromatic N) is 3. The quantitative estimate of drug-likeness (QED) is 0.594. The first-order valence-electron chi connectivity index (χ1n) is 10.0. The number of carbonyl (C=O) groups is 1. The van der Waals surface area contributed by atoms with Crippen molar-refractivity contribution in [2.45, 2.75) is 56.8 Å². The summed E-state index contributed by atoms with van der Waals surface area (Å²) in [5.74, 6) is 0.970. The molecule has 1 amide bonds. The van der Waals surface area contributed by atoms with Gasteiger partial charge in [-0.25, -0.2) is 4.79 Å². The molecular weight excluding hydrogens is 402 g/mol. The molecule has 0 unspecified atom stereocenters. The van der Waals surface area contributed by atoms with Crippen LogP contribution in [0.2, 0.25) is 0 Å². The summed E-state index contributed by atoms with van der Waals surface area (Å²) in [6.07, 6.45) is 5.13. The van der Waals surface area contributed by atoms with E-state index in [1.165, 1.54) is 0 Å². The fourth-order valence-corrected chi connectivity index (χ4v) is 3.77. The van der Waals surface area contributed by atoms with E-state index in [-0.39, 0.29) is 18.8 Å². The van der Waals surface area contributed by atoms with E-state index in [4.69, 9.17) is 14.0 Å². The summed E-state index contributed by atoms with van der Waals surface area (Å²) in [5, 5.41) is 4.07. The summed E-state index contributed by atoms with van der Waals surface area (Å²) >= 11 is 1.67. The van der Waals surface area contributed by atoms with Gasteiger partial charge in [-0.1, -0.05) is 17.8 Å².